The lowest BCUT2D eigenvalue weighted by molar-refractivity contribution is -0.117. The molecule has 1 rings (SSSR count). The molecule has 1 aliphatic heterocycles. The molecule has 76 valence electrons. The van der Waals surface area contributed by atoms with Crippen LogP contribution in [0.3, 0.4) is 0 Å². The highest BCUT2D eigenvalue weighted by Crippen LogP contribution is 2.20. The molecule has 1 unspecified atom stereocenters. The van der Waals surface area contributed by atoms with Gasteiger partial charge in [0.1, 0.15) is 5.78 Å². The molecule has 1 heterocycles. The maximum absolute atomic E-state index is 10.8. The Bertz CT molecular complexity index is 164. The van der Waals surface area contributed by atoms with Gasteiger partial charge in [-0.2, -0.15) is 0 Å². The molecule has 1 aliphatic rings. The van der Waals surface area contributed by atoms with Crippen LogP contribution in [0.2, 0.25) is 0 Å². The first kappa shape index (κ1) is 10.7. The van der Waals surface area contributed by atoms with E-state index < -0.39 is 0 Å². The fraction of sp³-hybridized carbons (Fsp3) is 0.900. The van der Waals surface area contributed by atoms with Gasteiger partial charge in [0.15, 0.2) is 0 Å². The van der Waals surface area contributed by atoms with Crippen molar-refractivity contribution in [2.45, 2.75) is 38.6 Å². The number of hydrogen-bond donors (Lipinski definition) is 1. The molecule has 0 saturated carbocycles. The predicted octanol–water partition coefficient (Wildman–Crippen LogP) is 1.11. The van der Waals surface area contributed by atoms with E-state index >= 15 is 0 Å². The standard InChI is InChI=1S/C10H19NO2/c1-8(12)2-3-10(11)9-4-6-13-7-5-9/h9-10H,2-7,11H2,1H3. The summed E-state index contributed by atoms with van der Waals surface area (Å²) in [6, 6.07) is 0.188. The topological polar surface area (TPSA) is 52.3 Å². The minimum absolute atomic E-state index is 0.188. The molecule has 0 aromatic rings. The lowest BCUT2D eigenvalue weighted by Gasteiger charge is -2.27. The Morgan fingerprint density at radius 3 is 2.69 bits per heavy atom. The SMILES string of the molecule is CC(=O)CCC(N)C1CCOCC1. The van der Waals surface area contributed by atoms with Crippen LogP contribution in [0.25, 0.3) is 0 Å². The minimum Gasteiger partial charge on any atom is -0.381 e. The first-order valence-electron chi connectivity index (χ1n) is 5.03. The van der Waals surface area contributed by atoms with Gasteiger partial charge in [0.05, 0.1) is 0 Å². The maximum Gasteiger partial charge on any atom is 0.129 e. The molecule has 13 heavy (non-hydrogen) atoms. The molecule has 1 fully saturated rings. The van der Waals surface area contributed by atoms with Crippen LogP contribution in [-0.2, 0) is 9.53 Å². The van der Waals surface area contributed by atoms with E-state index in [1.54, 1.807) is 6.92 Å². The van der Waals surface area contributed by atoms with Crippen LogP contribution in [0.15, 0.2) is 0 Å². The Morgan fingerprint density at radius 1 is 1.54 bits per heavy atom. The highest BCUT2D eigenvalue weighted by molar-refractivity contribution is 5.75. The van der Waals surface area contributed by atoms with E-state index in [4.69, 9.17) is 10.5 Å². The zero-order valence-electron chi connectivity index (χ0n) is 8.29. The van der Waals surface area contributed by atoms with Gasteiger partial charge >= 0.3 is 0 Å². The highest BCUT2D eigenvalue weighted by Gasteiger charge is 2.20. The maximum atomic E-state index is 10.8. The summed E-state index contributed by atoms with van der Waals surface area (Å²) in [6.07, 6.45) is 3.57. The third kappa shape index (κ3) is 3.87. The third-order valence-corrected chi connectivity index (χ3v) is 2.70. The summed E-state index contributed by atoms with van der Waals surface area (Å²) in [6.45, 7) is 3.29. The number of carbonyl (C=O) groups is 1. The lowest BCUT2D eigenvalue weighted by atomic mass is 9.89. The number of Topliss-reactive ketones (excluding diaryl/α,β-unsaturated/α-hetero) is 1. The minimum atomic E-state index is 0.188. The molecule has 0 spiro atoms. The van der Waals surface area contributed by atoms with Gasteiger partial charge in [-0.3, -0.25) is 0 Å². The van der Waals surface area contributed by atoms with Gasteiger partial charge in [0.25, 0.3) is 0 Å². The monoisotopic (exact) mass is 185 g/mol. The number of hydrogen-bond acceptors (Lipinski definition) is 3. The van der Waals surface area contributed by atoms with E-state index in [0.717, 1.165) is 32.5 Å². The summed E-state index contributed by atoms with van der Waals surface area (Å²) in [7, 11) is 0. The van der Waals surface area contributed by atoms with Gasteiger partial charge in [0, 0.05) is 25.7 Å². The second-order valence-corrected chi connectivity index (χ2v) is 3.85. The Balaban J connectivity index is 2.20. The molecule has 0 amide bonds. The zero-order chi connectivity index (χ0) is 9.68. The van der Waals surface area contributed by atoms with E-state index in [1.807, 2.05) is 0 Å². The molecule has 0 aromatic heterocycles. The second-order valence-electron chi connectivity index (χ2n) is 3.85. The molecule has 0 radical (unpaired) electrons. The number of ether oxygens (including phenoxy) is 1. The second kappa shape index (κ2) is 5.35. The number of rotatable bonds is 4. The quantitative estimate of drug-likeness (QED) is 0.713. The molecule has 3 heteroatoms. The van der Waals surface area contributed by atoms with E-state index in [-0.39, 0.29) is 11.8 Å². The van der Waals surface area contributed by atoms with Crippen LogP contribution in [0.1, 0.15) is 32.6 Å². The summed E-state index contributed by atoms with van der Waals surface area (Å²) < 4.78 is 5.25. The average Bonchev–Trinajstić information content (AvgIpc) is 2.15. The molecule has 0 aliphatic carbocycles. The normalized spacial score (nSPS) is 21.4. The van der Waals surface area contributed by atoms with Crippen molar-refractivity contribution < 1.29 is 9.53 Å². The van der Waals surface area contributed by atoms with Crippen molar-refractivity contribution in [2.24, 2.45) is 11.7 Å². The van der Waals surface area contributed by atoms with Crippen LogP contribution in [-0.4, -0.2) is 25.0 Å². The average molecular weight is 185 g/mol. The Morgan fingerprint density at radius 2 is 2.15 bits per heavy atom. The van der Waals surface area contributed by atoms with E-state index in [0.29, 0.717) is 12.3 Å². The van der Waals surface area contributed by atoms with Crippen LogP contribution >= 0.6 is 0 Å². The fourth-order valence-electron chi connectivity index (χ4n) is 1.75. The molecule has 1 saturated heterocycles. The zero-order valence-corrected chi connectivity index (χ0v) is 8.29. The van der Waals surface area contributed by atoms with Gasteiger partial charge in [-0.05, 0) is 32.1 Å². The largest absolute Gasteiger partial charge is 0.381 e. The van der Waals surface area contributed by atoms with Crippen LogP contribution in [0, 0.1) is 5.92 Å². The first-order chi connectivity index (χ1) is 6.20. The molecule has 3 nitrogen and oxygen atoms in total. The smallest absolute Gasteiger partial charge is 0.129 e. The highest BCUT2D eigenvalue weighted by atomic mass is 16.5. The van der Waals surface area contributed by atoms with Crippen molar-refractivity contribution in [1.29, 1.82) is 0 Å². The summed E-state index contributed by atoms with van der Waals surface area (Å²) in [5, 5.41) is 0. The summed E-state index contributed by atoms with van der Waals surface area (Å²) >= 11 is 0. The van der Waals surface area contributed by atoms with Gasteiger partial charge in [-0.15, -0.1) is 0 Å². The summed E-state index contributed by atoms with van der Waals surface area (Å²) in [4.78, 5) is 10.8. The van der Waals surface area contributed by atoms with Gasteiger partial charge in [0.2, 0.25) is 0 Å². The van der Waals surface area contributed by atoms with Crippen molar-refractivity contribution in [1.82, 2.24) is 0 Å². The molecular weight excluding hydrogens is 166 g/mol. The number of ketones is 1. The lowest BCUT2D eigenvalue weighted by Crippen LogP contribution is -2.34. The van der Waals surface area contributed by atoms with Crippen molar-refractivity contribution >= 4 is 5.78 Å². The molecule has 0 aromatic carbocycles. The first-order valence-corrected chi connectivity index (χ1v) is 5.03. The number of carbonyl (C=O) groups excluding carboxylic acids is 1. The summed E-state index contributed by atoms with van der Waals surface area (Å²) in [5.74, 6) is 0.801. The molecule has 0 bridgehead atoms. The summed E-state index contributed by atoms with van der Waals surface area (Å²) in [5.41, 5.74) is 5.99. The van der Waals surface area contributed by atoms with Crippen LogP contribution in [0.5, 0.6) is 0 Å². The number of nitrogens with two attached hydrogens (primary N) is 1. The van der Waals surface area contributed by atoms with Gasteiger partial charge in [-0.1, -0.05) is 0 Å². The Kier molecular flexibility index (Phi) is 4.39. The van der Waals surface area contributed by atoms with Gasteiger partial charge < -0.3 is 15.3 Å². The molecular formula is C10H19NO2. The molecule has 2 N–H and O–H groups in total. The van der Waals surface area contributed by atoms with Crippen molar-refractivity contribution in [3.8, 4) is 0 Å². The fourth-order valence-corrected chi connectivity index (χ4v) is 1.75. The molecule has 1 atom stereocenters. The third-order valence-electron chi connectivity index (χ3n) is 2.70. The van der Waals surface area contributed by atoms with Crippen molar-refractivity contribution in [3.05, 3.63) is 0 Å². The van der Waals surface area contributed by atoms with Crippen molar-refractivity contribution in [2.75, 3.05) is 13.2 Å². The van der Waals surface area contributed by atoms with Crippen LogP contribution < -0.4 is 5.73 Å². The van der Waals surface area contributed by atoms with Crippen molar-refractivity contribution in [3.63, 3.8) is 0 Å². The van der Waals surface area contributed by atoms with E-state index in [9.17, 15) is 4.79 Å². The Labute approximate surface area is 79.6 Å². The van der Waals surface area contributed by atoms with Crippen LogP contribution in [0.4, 0.5) is 0 Å². The van der Waals surface area contributed by atoms with E-state index in [1.165, 1.54) is 0 Å². The van der Waals surface area contributed by atoms with E-state index in [2.05, 4.69) is 0 Å². The van der Waals surface area contributed by atoms with Gasteiger partial charge in [-0.25, -0.2) is 0 Å². The Hall–Kier alpha value is -0.410. The predicted molar refractivity (Wildman–Crippen MR) is 51.4 cm³/mol.